The van der Waals surface area contributed by atoms with Gasteiger partial charge in [0.05, 0.1) is 31.5 Å². The monoisotopic (exact) mass is 482 g/mol. The van der Waals surface area contributed by atoms with Gasteiger partial charge in [0.1, 0.15) is 11.5 Å². The van der Waals surface area contributed by atoms with Gasteiger partial charge in [0.15, 0.2) is 0 Å². The first kappa shape index (κ1) is 25.3. The number of nitrogens with zero attached hydrogens (tertiary/aromatic N) is 2. The largest absolute Gasteiger partial charge is 0.497 e. The molecule has 35 heavy (non-hydrogen) atoms. The van der Waals surface area contributed by atoms with E-state index in [2.05, 4.69) is 17.0 Å². The van der Waals surface area contributed by atoms with Crippen LogP contribution in [0.5, 0.6) is 11.5 Å². The van der Waals surface area contributed by atoms with E-state index in [0.717, 1.165) is 48.7 Å². The van der Waals surface area contributed by atoms with Crippen molar-refractivity contribution in [3.05, 3.63) is 53.6 Å². The van der Waals surface area contributed by atoms with Crippen LogP contribution in [0.2, 0.25) is 0 Å². The van der Waals surface area contributed by atoms with E-state index in [4.69, 9.17) is 18.9 Å². The number of amides is 1. The van der Waals surface area contributed by atoms with Crippen molar-refractivity contribution in [1.82, 2.24) is 4.90 Å². The van der Waals surface area contributed by atoms with E-state index in [1.165, 1.54) is 0 Å². The van der Waals surface area contributed by atoms with Crippen LogP contribution in [-0.2, 0) is 9.47 Å². The fourth-order valence-electron chi connectivity index (χ4n) is 5.11. The maximum absolute atomic E-state index is 13.3. The number of anilines is 1. The molecule has 2 heterocycles. The molecule has 1 spiro atoms. The molecule has 7 heteroatoms. The van der Waals surface area contributed by atoms with Gasteiger partial charge in [0.2, 0.25) is 0 Å². The summed E-state index contributed by atoms with van der Waals surface area (Å²) in [6.07, 6.45) is 1.64. The molecule has 7 nitrogen and oxygen atoms in total. The second-order valence-electron chi connectivity index (χ2n) is 9.90. The first-order chi connectivity index (χ1) is 16.8. The molecule has 2 aliphatic rings. The minimum atomic E-state index is -0.313. The Kier molecular flexibility index (Phi) is 7.87. The van der Waals surface area contributed by atoms with Crippen molar-refractivity contribution in [2.45, 2.75) is 51.4 Å². The average molecular weight is 483 g/mol. The summed E-state index contributed by atoms with van der Waals surface area (Å²) in [6.45, 7) is 9.39. The molecule has 4 rings (SSSR count). The summed E-state index contributed by atoms with van der Waals surface area (Å²) in [7, 11) is 3.40. The normalized spacial score (nSPS) is 19.8. The number of hydrogen-bond donors (Lipinski definition) is 0. The molecule has 2 aliphatic heterocycles. The van der Waals surface area contributed by atoms with Crippen LogP contribution in [0.25, 0.3) is 0 Å². The lowest BCUT2D eigenvalue weighted by atomic mass is 9.88. The van der Waals surface area contributed by atoms with Gasteiger partial charge in [-0.15, -0.1) is 0 Å². The number of carbonyl (C=O) groups is 1. The summed E-state index contributed by atoms with van der Waals surface area (Å²) in [5, 5.41) is 0. The Morgan fingerprint density at radius 1 is 1.14 bits per heavy atom. The molecule has 190 valence electrons. The van der Waals surface area contributed by atoms with E-state index in [0.29, 0.717) is 25.3 Å². The zero-order valence-corrected chi connectivity index (χ0v) is 21.6. The van der Waals surface area contributed by atoms with Gasteiger partial charge >= 0.3 is 0 Å². The van der Waals surface area contributed by atoms with Gasteiger partial charge in [0, 0.05) is 50.6 Å². The molecule has 1 amide bonds. The van der Waals surface area contributed by atoms with Crippen LogP contribution in [0, 0.1) is 6.92 Å². The van der Waals surface area contributed by atoms with Crippen LogP contribution in [0.4, 0.5) is 5.69 Å². The highest BCUT2D eigenvalue weighted by atomic mass is 16.5. The van der Waals surface area contributed by atoms with E-state index < -0.39 is 0 Å². The molecule has 2 aromatic rings. The second kappa shape index (κ2) is 10.9. The zero-order chi connectivity index (χ0) is 25.0. The van der Waals surface area contributed by atoms with Gasteiger partial charge in [-0.05, 0) is 69.5 Å². The third kappa shape index (κ3) is 5.90. The summed E-state index contributed by atoms with van der Waals surface area (Å²) in [5.74, 6) is 1.73. The van der Waals surface area contributed by atoms with Crippen molar-refractivity contribution in [3.8, 4) is 11.5 Å². The van der Waals surface area contributed by atoms with E-state index in [1.54, 1.807) is 14.2 Å². The molecule has 0 bridgehead atoms. The average Bonchev–Trinajstić information content (AvgIpc) is 2.85. The van der Waals surface area contributed by atoms with E-state index in [1.807, 2.05) is 56.0 Å². The standard InChI is InChI=1S/C28H38N2O5/c1-20(2)34-26-10-9-22(15-21(26)3)27(31)29-13-11-28(12-14-29)19-30(17-25(35-28)18-32-4)23-7-6-8-24(16-23)33-5/h6-10,15-16,20,25H,11-14,17-19H2,1-5H3. The van der Waals surface area contributed by atoms with E-state index in [-0.39, 0.29) is 23.7 Å². The molecular formula is C28H38N2O5. The number of hydrogen-bond acceptors (Lipinski definition) is 6. The fourth-order valence-corrected chi connectivity index (χ4v) is 5.11. The number of likely N-dealkylation sites (tertiary alicyclic amines) is 1. The predicted octanol–water partition coefficient (Wildman–Crippen LogP) is 4.32. The highest BCUT2D eigenvalue weighted by Gasteiger charge is 2.44. The number of benzene rings is 2. The summed E-state index contributed by atoms with van der Waals surface area (Å²) in [5.41, 5.74) is 2.48. The highest BCUT2D eigenvalue weighted by molar-refractivity contribution is 5.94. The van der Waals surface area contributed by atoms with Crippen molar-refractivity contribution in [2.24, 2.45) is 0 Å². The first-order valence-corrected chi connectivity index (χ1v) is 12.4. The third-order valence-corrected chi connectivity index (χ3v) is 6.84. The molecule has 0 saturated carbocycles. The van der Waals surface area contributed by atoms with Crippen LogP contribution >= 0.6 is 0 Å². The Hall–Kier alpha value is -2.77. The maximum Gasteiger partial charge on any atom is 0.253 e. The van der Waals surface area contributed by atoms with Gasteiger partial charge in [-0.25, -0.2) is 0 Å². The summed E-state index contributed by atoms with van der Waals surface area (Å²) >= 11 is 0. The lowest BCUT2D eigenvalue weighted by Crippen LogP contribution is -2.61. The van der Waals surface area contributed by atoms with Crippen LogP contribution in [-0.4, -0.2) is 75.6 Å². The van der Waals surface area contributed by atoms with Gasteiger partial charge in [-0.1, -0.05) is 6.07 Å². The lowest BCUT2D eigenvalue weighted by Gasteiger charge is -2.50. The molecule has 0 N–H and O–H groups in total. The smallest absolute Gasteiger partial charge is 0.253 e. The van der Waals surface area contributed by atoms with Gasteiger partial charge in [0.25, 0.3) is 5.91 Å². The topological polar surface area (TPSA) is 60.5 Å². The Morgan fingerprint density at radius 3 is 2.57 bits per heavy atom. The number of rotatable bonds is 7. The number of carbonyl (C=O) groups excluding carboxylic acids is 1. The summed E-state index contributed by atoms with van der Waals surface area (Å²) in [6, 6.07) is 13.9. The molecule has 0 radical (unpaired) electrons. The lowest BCUT2D eigenvalue weighted by molar-refractivity contribution is -0.145. The number of morpholine rings is 1. The number of ether oxygens (including phenoxy) is 4. The molecule has 2 saturated heterocycles. The van der Waals surface area contributed by atoms with Crippen LogP contribution in [0.1, 0.15) is 42.6 Å². The van der Waals surface area contributed by atoms with Crippen molar-refractivity contribution in [2.75, 3.05) is 51.9 Å². The minimum absolute atomic E-state index is 0.0293. The second-order valence-corrected chi connectivity index (χ2v) is 9.90. The molecular weight excluding hydrogens is 444 g/mol. The Bertz CT molecular complexity index is 1020. The van der Waals surface area contributed by atoms with Crippen LogP contribution in [0.15, 0.2) is 42.5 Å². The number of methoxy groups -OCH3 is 2. The van der Waals surface area contributed by atoms with E-state index in [9.17, 15) is 4.79 Å². The maximum atomic E-state index is 13.3. The minimum Gasteiger partial charge on any atom is -0.497 e. The third-order valence-electron chi connectivity index (χ3n) is 6.84. The predicted molar refractivity (Wildman–Crippen MR) is 137 cm³/mol. The van der Waals surface area contributed by atoms with Crippen molar-refractivity contribution < 1.29 is 23.7 Å². The number of piperidine rings is 1. The Balaban J connectivity index is 1.45. The first-order valence-electron chi connectivity index (χ1n) is 12.4. The SMILES string of the molecule is COCC1CN(c2cccc(OC)c2)CC2(CCN(C(=O)c3ccc(OC(C)C)c(C)c3)CC2)O1. The summed E-state index contributed by atoms with van der Waals surface area (Å²) in [4.78, 5) is 17.6. The van der Waals surface area contributed by atoms with Crippen molar-refractivity contribution in [1.29, 1.82) is 0 Å². The van der Waals surface area contributed by atoms with Gasteiger partial charge < -0.3 is 28.7 Å². The van der Waals surface area contributed by atoms with Crippen molar-refractivity contribution in [3.63, 3.8) is 0 Å². The Morgan fingerprint density at radius 2 is 1.91 bits per heavy atom. The van der Waals surface area contributed by atoms with E-state index >= 15 is 0 Å². The molecule has 1 unspecified atom stereocenters. The van der Waals surface area contributed by atoms with Crippen molar-refractivity contribution >= 4 is 11.6 Å². The zero-order valence-electron chi connectivity index (χ0n) is 21.6. The Labute approximate surface area is 208 Å². The quantitative estimate of drug-likeness (QED) is 0.586. The molecule has 1 atom stereocenters. The molecule has 2 fully saturated rings. The molecule has 2 aromatic carbocycles. The molecule has 0 aromatic heterocycles. The van der Waals surface area contributed by atoms with Gasteiger partial charge in [-0.3, -0.25) is 4.79 Å². The van der Waals surface area contributed by atoms with Crippen LogP contribution in [0.3, 0.4) is 0 Å². The molecule has 0 aliphatic carbocycles. The number of aryl methyl sites for hydroxylation is 1. The van der Waals surface area contributed by atoms with Gasteiger partial charge in [-0.2, -0.15) is 0 Å². The highest BCUT2D eigenvalue weighted by Crippen LogP contribution is 2.36. The summed E-state index contributed by atoms with van der Waals surface area (Å²) < 4.78 is 23.3. The van der Waals surface area contributed by atoms with Crippen LogP contribution < -0.4 is 14.4 Å². The fraction of sp³-hybridized carbons (Fsp3) is 0.536.